The van der Waals surface area contributed by atoms with Crippen LogP contribution in [0.2, 0.25) is 0 Å². The molecule has 3 rings (SSSR count). The summed E-state index contributed by atoms with van der Waals surface area (Å²) in [5.74, 6) is 0.646. The molecule has 5 heteroatoms. The number of aliphatic imine (C=N–C) groups is 1. The Labute approximate surface area is 151 Å². The van der Waals surface area contributed by atoms with Gasteiger partial charge < -0.3 is 9.64 Å². The SMILES string of the molecule is CCN(C)/C=N\c1cc(Br)c(OC2Cc3ccccc3C2)nc1C. The average Bonchev–Trinajstić information content (AvgIpc) is 2.98. The van der Waals surface area contributed by atoms with E-state index in [-0.39, 0.29) is 6.10 Å². The van der Waals surface area contributed by atoms with Crippen molar-refractivity contribution in [2.45, 2.75) is 32.8 Å². The molecule has 0 aliphatic heterocycles. The highest BCUT2D eigenvalue weighted by atomic mass is 79.9. The summed E-state index contributed by atoms with van der Waals surface area (Å²) < 4.78 is 6.99. The van der Waals surface area contributed by atoms with E-state index in [1.165, 1.54) is 11.1 Å². The highest BCUT2D eigenvalue weighted by Crippen LogP contribution is 2.32. The van der Waals surface area contributed by atoms with Gasteiger partial charge in [-0.05, 0) is 47.0 Å². The van der Waals surface area contributed by atoms with E-state index in [0.29, 0.717) is 5.88 Å². The summed E-state index contributed by atoms with van der Waals surface area (Å²) in [6, 6.07) is 10.5. The Bertz CT molecular complexity index is 735. The molecule has 126 valence electrons. The first-order valence-electron chi connectivity index (χ1n) is 8.21. The van der Waals surface area contributed by atoms with Crippen LogP contribution in [0.15, 0.2) is 39.8 Å². The number of ether oxygens (including phenoxy) is 1. The maximum absolute atomic E-state index is 6.15. The molecule has 1 aromatic heterocycles. The molecule has 1 aliphatic carbocycles. The second-order valence-corrected chi connectivity index (χ2v) is 6.97. The van der Waals surface area contributed by atoms with E-state index >= 15 is 0 Å². The van der Waals surface area contributed by atoms with Crippen LogP contribution in [0.4, 0.5) is 5.69 Å². The predicted molar refractivity (Wildman–Crippen MR) is 101 cm³/mol. The molecule has 4 nitrogen and oxygen atoms in total. The van der Waals surface area contributed by atoms with Crippen LogP contribution < -0.4 is 4.74 Å². The number of halogens is 1. The monoisotopic (exact) mass is 387 g/mol. The average molecular weight is 388 g/mol. The summed E-state index contributed by atoms with van der Waals surface area (Å²) in [5.41, 5.74) is 4.46. The van der Waals surface area contributed by atoms with Crippen molar-refractivity contribution in [3.63, 3.8) is 0 Å². The van der Waals surface area contributed by atoms with Crippen LogP contribution in [0.3, 0.4) is 0 Å². The van der Waals surface area contributed by atoms with Crippen LogP contribution in [0.25, 0.3) is 0 Å². The number of benzene rings is 1. The fourth-order valence-corrected chi connectivity index (χ4v) is 3.16. The Balaban J connectivity index is 1.74. The van der Waals surface area contributed by atoms with Gasteiger partial charge in [0.25, 0.3) is 0 Å². The van der Waals surface area contributed by atoms with Gasteiger partial charge in [-0.1, -0.05) is 24.3 Å². The summed E-state index contributed by atoms with van der Waals surface area (Å²) >= 11 is 3.57. The molecule has 0 amide bonds. The largest absolute Gasteiger partial charge is 0.473 e. The molecule has 1 aliphatic rings. The Morgan fingerprint density at radius 1 is 1.33 bits per heavy atom. The minimum Gasteiger partial charge on any atom is -0.473 e. The number of fused-ring (bicyclic) bond motifs is 1. The van der Waals surface area contributed by atoms with E-state index in [1.54, 1.807) is 0 Å². The molecule has 2 aromatic rings. The molecular weight excluding hydrogens is 366 g/mol. The first kappa shape index (κ1) is 17.0. The number of hydrogen-bond acceptors (Lipinski definition) is 3. The van der Waals surface area contributed by atoms with E-state index < -0.39 is 0 Å². The molecule has 1 aromatic carbocycles. The van der Waals surface area contributed by atoms with Crippen molar-refractivity contribution in [3.05, 3.63) is 51.6 Å². The van der Waals surface area contributed by atoms with Crippen LogP contribution in [0, 0.1) is 6.92 Å². The zero-order valence-corrected chi connectivity index (χ0v) is 15.9. The normalized spacial score (nSPS) is 14.2. The van der Waals surface area contributed by atoms with Crippen molar-refractivity contribution in [1.82, 2.24) is 9.88 Å². The molecule has 1 heterocycles. The smallest absolute Gasteiger partial charge is 0.228 e. The maximum atomic E-state index is 6.15. The molecule has 0 radical (unpaired) electrons. The number of pyridine rings is 1. The van der Waals surface area contributed by atoms with E-state index in [2.05, 4.69) is 57.1 Å². The number of hydrogen-bond donors (Lipinski definition) is 0. The summed E-state index contributed by atoms with van der Waals surface area (Å²) in [4.78, 5) is 11.1. The predicted octanol–water partition coefficient (Wildman–Crippen LogP) is 4.31. The van der Waals surface area contributed by atoms with Crippen molar-refractivity contribution >= 4 is 28.0 Å². The third-order valence-electron chi connectivity index (χ3n) is 4.29. The second-order valence-electron chi connectivity index (χ2n) is 6.11. The van der Waals surface area contributed by atoms with Gasteiger partial charge in [0, 0.05) is 26.4 Å². The van der Waals surface area contributed by atoms with Crippen LogP contribution in [0.1, 0.15) is 23.7 Å². The molecule has 0 fully saturated rings. The summed E-state index contributed by atoms with van der Waals surface area (Å²) in [7, 11) is 2.00. The number of nitrogens with zero attached hydrogens (tertiary/aromatic N) is 3. The third kappa shape index (κ3) is 3.78. The van der Waals surface area contributed by atoms with Gasteiger partial charge >= 0.3 is 0 Å². The number of aryl methyl sites for hydroxylation is 1. The van der Waals surface area contributed by atoms with E-state index in [0.717, 1.165) is 35.2 Å². The van der Waals surface area contributed by atoms with Crippen molar-refractivity contribution < 1.29 is 4.74 Å². The minimum atomic E-state index is 0.145. The molecule has 0 spiro atoms. The fourth-order valence-electron chi connectivity index (χ4n) is 2.76. The van der Waals surface area contributed by atoms with Gasteiger partial charge in [0.1, 0.15) is 6.10 Å². The zero-order chi connectivity index (χ0) is 17.1. The van der Waals surface area contributed by atoms with E-state index in [4.69, 9.17) is 4.74 Å². The van der Waals surface area contributed by atoms with Crippen molar-refractivity contribution in [2.75, 3.05) is 13.6 Å². The van der Waals surface area contributed by atoms with Gasteiger partial charge in [0.2, 0.25) is 5.88 Å². The zero-order valence-electron chi connectivity index (χ0n) is 14.3. The summed E-state index contributed by atoms with van der Waals surface area (Å²) in [6.45, 7) is 4.96. The lowest BCUT2D eigenvalue weighted by atomic mass is 10.1. The Morgan fingerprint density at radius 2 is 2.00 bits per heavy atom. The van der Waals surface area contributed by atoms with Crippen LogP contribution in [-0.4, -0.2) is 35.9 Å². The molecule has 0 saturated heterocycles. The van der Waals surface area contributed by atoms with Crippen LogP contribution in [-0.2, 0) is 12.8 Å². The van der Waals surface area contributed by atoms with Crippen molar-refractivity contribution in [2.24, 2.45) is 4.99 Å². The standard InChI is InChI=1S/C19H22BrN3O/c1-4-23(3)12-21-18-11-17(20)19(22-13(18)2)24-16-9-14-7-5-6-8-15(14)10-16/h5-8,11-12,16H,4,9-10H2,1-3H3/b21-12-. The van der Waals surface area contributed by atoms with Gasteiger partial charge in [-0.2, -0.15) is 0 Å². The maximum Gasteiger partial charge on any atom is 0.228 e. The van der Waals surface area contributed by atoms with Gasteiger partial charge in [-0.25, -0.2) is 9.98 Å². The van der Waals surface area contributed by atoms with Crippen LogP contribution in [0.5, 0.6) is 5.88 Å². The summed E-state index contributed by atoms with van der Waals surface area (Å²) in [6.07, 6.45) is 3.84. The molecule has 0 bridgehead atoms. The Hall–Kier alpha value is -1.88. The molecule has 0 unspecified atom stereocenters. The van der Waals surface area contributed by atoms with Crippen LogP contribution >= 0.6 is 15.9 Å². The lowest BCUT2D eigenvalue weighted by Crippen LogP contribution is -2.17. The highest BCUT2D eigenvalue weighted by molar-refractivity contribution is 9.10. The first-order valence-corrected chi connectivity index (χ1v) is 9.01. The molecule has 0 saturated carbocycles. The van der Waals surface area contributed by atoms with Gasteiger partial charge in [-0.3, -0.25) is 0 Å². The minimum absolute atomic E-state index is 0.145. The second kappa shape index (κ2) is 7.34. The van der Waals surface area contributed by atoms with Gasteiger partial charge in [-0.15, -0.1) is 0 Å². The van der Waals surface area contributed by atoms with Crippen molar-refractivity contribution in [3.8, 4) is 5.88 Å². The Kier molecular flexibility index (Phi) is 5.19. The quantitative estimate of drug-likeness (QED) is 0.566. The van der Waals surface area contributed by atoms with E-state index in [9.17, 15) is 0 Å². The lowest BCUT2D eigenvalue weighted by molar-refractivity contribution is 0.203. The molecule has 0 N–H and O–H groups in total. The topological polar surface area (TPSA) is 37.7 Å². The highest BCUT2D eigenvalue weighted by Gasteiger charge is 2.23. The van der Waals surface area contributed by atoms with E-state index in [1.807, 2.05) is 31.3 Å². The third-order valence-corrected chi connectivity index (χ3v) is 4.86. The van der Waals surface area contributed by atoms with Crippen molar-refractivity contribution in [1.29, 1.82) is 0 Å². The van der Waals surface area contributed by atoms with Gasteiger partial charge in [0.05, 0.1) is 22.2 Å². The lowest BCUT2D eigenvalue weighted by Gasteiger charge is -2.15. The molecule has 0 atom stereocenters. The fraction of sp³-hybridized carbons (Fsp3) is 0.368. The van der Waals surface area contributed by atoms with Gasteiger partial charge in [0.15, 0.2) is 0 Å². The molecule has 24 heavy (non-hydrogen) atoms. The first-order chi connectivity index (χ1) is 11.6. The molecular formula is C19H22BrN3O. The Morgan fingerprint density at radius 3 is 2.62 bits per heavy atom. The summed E-state index contributed by atoms with van der Waals surface area (Å²) in [5, 5.41) is 0. The number of aromatic nitrogens is 1. The number of rotatable bonds is 5.